The first-order valence-corrected chi connectivity index (χ1v) is 7.88. The second kappa shape index (κ2) is 5.30. The average molecular weight is 237 g/mol. The van der Waals surface area contributed by atoms with E-state index in [2.05, 4.69) is 20.8 Å². The van der Waals surface area contributed by atoms with Gasteiger partial charge in [0.15, 0.2) is 0 Å². The van der Waals surface area contributed by atoms with Crippen LogP contribution in [0.5, 0.6) is 0 Å². The summed E-state index contributed by atoms with van der Waals surface area (Å²) in [6.07, 6.45) is 11.3. The van der Waals surface area contributed by atoms with Gasteiger partial charge in [0.1, 0.15) is 0 Å². The highest BCUT2D eigenvalue weighted by atomic mass is 14.8. The van der Waals surface area contributed by atoms with Crippen LogP contribution in [0.1, 0.15) is 72.1 Å². The number of hydrogen-bond acceptors (Lipinski definition) is 1. The zero-order valence-electron chi connectivity index (χ0n) is 12.0. The van der Waals surface area contributed by atoms with Gasteiger partial charge in [0.05, 0.1) is 0 Å². The molecule has 17 heavy (non-hydrogen) atoms. The van der Waals surface area contributed by atoms with E-state index in [4.69, 9.17) is 5.73 Å². The topological polar surface area (TPSA) is 26.0 Å². The maximum atomic E-state index is 6.06. The Kier molecular flexibility index (Phi) is 4.18. The molecule has 1 heteroatoms. The second-order valence-corrected chi connectivity index (χ2v) is 6.89. The summed E-state index contributed by atoms with van der Waals surface area (Å²) in [5.74, 6) is 2.78. The molecule has 0 amide bonds. The standard InChI is InChI=1S/C16H31N/c1-4-6-7-8-9-16(3,5-2)12-10-13-14(11-12)15(13)17/h12-15H,4-11,17H2,1-3H3. The molecule has 100 valence electrons. The SMILES string of the molecule is CCCCCCC(C)(CC)C1CC2C(N)C2C1. The maximum Gasteiger partial charge on any atom is 0.0102 e. The van der Waals surface area contributed by atoms with Gasteiger partial charge >= 0.3 is 0 Å². The molecule has 0 bridgehead atoms. The first kappa shape index (κ1) is 13.4. The Bertz CT molecular complexity index is 238. The molecule has 3 unspecified atom stereocenters. The van der Waals surface area contributed by atoms with Crippen molar-refractivity contribution in [1.82, 2.24) is 0 Å². The van der Waals surface area contributed by atoms with Gasteiger partial charge in [-0.2, -0.15) is 0 Å². The van der Waals surface area contributed by atoms with Gasteiger partial charge in [0, 0.05) is 6.04 Å². The Labute approximate surface area is 108 Å². The lowest BCUT2D eigenvalue weighted by Gasteiger charge is -2.36. The molecular formula is C16H31N. The first-order valence-electron chi connectivity index (χ1n) is 7.88. The maximum absolute atomic E-state index is 6.06. The minimum absolute atomic E-state index is 0.576. The zero-order valence-corrected chi connectivity index (χ0v) is 12.0. The molecule has 0 heterocycles. The van der Waals surface area contributed by atoms with E-state index in [0.29, 0.717) is 11.5 Å². The van der Waals surface area contributed by atoms with Gasteiger partial charge in [0.2, 0.25) is 0 Å². The van der Waals surface area contributed by atoms with Crippen LogP contribution >= 0.6 is 0 Å². The summed E-state index contributed by atoms with van der Waals surface area (Å²) in [6.45, 7) is 7.23. The molecule has 0 radical (unpaired) electrons. The van der Waals surface area contributed by atoms with Crippen molar-refractivity contribution >= 4 is 0 Å². The van der Waals surface area contributed by atoms with Crippen molar-refractivity contribution in [2.24, 2.45) is 28.9 Å². The lowest BCUT2D eigenvalue weighted by Crippen LogP contribution is -2.28. The highest BCUT2D eigenvalue weighted by Gasteiger charge is 2.56. The van der Waals surface area contributed by atoms with Crippen LogP contribution < -0.4 is 5.73 Å². The van der Waals surface area contributed by atoms with Gasteiger partial charge in [-0.1, -0.05) is 52.9 Å². The molecular weight excluding hydrogens is 206 g/mol. The Morgan fingerprint density at radius 3 is 2.24 bits per heavy atom. The molecule has 2 saturated carbocycles. The first-order chi connectivity index (χ1) is 8.12. The predicted molar refractivity (Wildman–Crippen MR) is 74.8 cm³/mol. The third-order valence-electron chi connectivity index (χ3n) is 5.91. The molecule has 0 aromatic heterocycles. The van der Waals surface area contributed by atoms with Crippen LogP contribution in [0.25, 0.3) is 0 Å². The van der Waals surface area contributed by atoms with Crippen molar-refractivity contribution in [1.29, 1.82) is 0 Å². The summed E-state index contributed by atoms with van der Waals surface area (Å²) >= 11 is 0. The Morgan fingerprint density at radius 1 is 1.06 bits per heavy atom. The van der Waals surface area contributed by atoms with Gasteiger partial charge in [-0.15, -0.1) is 0 Å². The van der Waals surface area contributed by atoms with E-state index in [1.807, 2.05) is 0 Å². The summed E-state index contributed by atoms with van der Waals surface area (Å²) in [5, 5.41) is 0. The summed E-state index contributed by atoms with van der Waals surface area (Å²) in [6, 6.07) is 0.576. The molecule has 0 aromatic carbocycles. The van der Waals surface area contributed by atoms with Crippen LogP contribution in [0.3, 0.4) is 0 Å². The van der Waals surface area contributed by atoms with E-state index in [-0.39, 0.29) is 0 Å². The predicted octanol–water partition coefficient (Wildman–Crippen LogP) is 4.36. The molecule has 0 spiro atoms. The van der Waals surface area contributed by atoms with E-state index in [0.717, 1.165) is 17.8 Å². The summed E-state index contributed by atoms with van der Waals surface area (Å²) in [5.41, 5.74) is 6.67. The van der Waals surface area contributed by atoms with Crippen LogP contribution in [0, 0.1) is 23.2 Å². The molecule has 2 rings (SSSR count). The number of rotatable bonds is 7. The number of unbranched alkanes of at least 4 members (excludes halogenated alkanes) is 3. The Morgan fingerprint density at radius 2 is 1.71 bits per heavy atom. The highest BCUT2D eigenvalue weighted by molar-refractivity contribution is 5.09. The lowest BCUT2D eigenvalue weighted by molar-refractivity contribution is 0.144. The van der Waals surface area contributed by atoms with E-state index in [9.17, 15) is 0 Å². The van der Waals surface area contributed by atoms with E-state index in [1.54, 1.807) is 0 Å². The third-order valence-corrected chi connectivity index (χ3v) is 5.91. The van der Waals surface area contributed by atoms with Crippen LogP contribution in [-0.2, 0) is 0 Å². The van der Waals surface area contributed by atoms with Gasteiger partial charge in [-0.3, -0.25) is 0 Å². The van der Waals surface area contributed by atoms with E-state index in [1.165, 1.54) is 51.4 Å². The van der Waals surface area contributed by atoms with E-state index >= 15 is 0 Å². The molecule has 0 saturated heterocycles. The third kappa shape index (κ3) is 2.70. The van der Waals surface area contributed by atoms with Gasteiger partial charge in [-0.05, 0) is 42.4 Å². The summed E-state index contributed by atoms with van der Waals surface area (Å²) in [4.78, 5) is 0. The van der Waals surface area contributed by atoms with Crippen molar-refractivity contribution in [3.8, 4) is 0 Å². The molecule has 2 fully saturated rings. The molecule has 3 atom stereocenters. The minimum Gasteiger partial charge on any atom is -0.327 e. The largest absolute Gasteiger partial charge is 0.327 e. The highest BCUT2D eigenvalue weighted by Crippen LogP contribution is 2.59. The fourth-order valence-electron chi connectivity index (χ4n) is 4.09. The van der Waals surface area contributed by atoms with Gasteiger partial charge in [-0.25, -0.2) is 0 Å². The quantitative estimate of drug-likeness (QED) is 0.654. The van der Waals surface area contributed by atoms with Crippen molar-refractivity contribution in [3.63, 3.8) is 0 Å². The molecule has 2 N–H and O–H groups in total. The van der Waals surface area contributed by atoms with Gasteiger partial charge < -0.3 is 5.73 Å². The van der Waals surface area contributed by atoms with Crippen molar-refractivity contribution < 1.29 is 0 Å². The molecule has 2 aliphatic rings. The summed E-state index contributed by atoms with van der Waals surface area (Å²) < 4.78 is 0. The Hall–Kier alpha value is -0.0400. The Balaban J connectivity index is 1.78. The number of hydrogen-bond donors (Lipinski definition) is 1. The van der Waals surface area contributed by atoms with E-state index < -0.39 is 0 Å². The summed E-state index contributed by atoms with van der Waals surface area (Å²) in [7, 11) is 0. The van der Waals surface area contributed by atoms with Crippen molar-refractivity contribution in [3.05, 3.63) is 0 Å². The minimum atomic E-state index is 0.576. The second-order valence-electron chi connectivity index (χ2n) is 6.89. The van der Waals surface area contributed by atoms with Gasteiger partial charge in [0.25, 0.3) is 0 Å². The van der Waals surface area contributed by atoms with Crippen LogP contribution in [0.15, 0.2) is 0 Å². The van der Waals surface area contributed by atoms with Crippen LogP contribution in [-0.4, -0.2) is 6.04 Å². The van der Waals surface area contributed by atoms with Crippen LogP contribution in [0.2, 0.25) is 0 Å². The molecule has 0 aliphatic heterocycles. The van der Waals surface area contributed by atoms with Crippen molar-refractivity contribution in [2.45, 2.75) is 78.2 Å². The fraction of sp³-hybridized carbons (Fsp3) is 1.00. The zero-order chi connectivity index (χ0) is 12.5. The monoisotopic (exact) mass is 237 g/mol. The molecule has 0 aromatic rings. The van der Waals surface area contributed by atoms with Crippen LogP contribution in [0.4, 0.5) is 0 Å². The fourth-order valence-corrected chi connectivity index (χ4v) is 4.09. The molecule has 2 aliphatic carbocycles. The number of fused-ring (bicyclic) bond motifs is 1. The smallest absolute Gasteiger partial charge is 0.0102 e. The molecule has 1 nitrogen and oxygen atoms in total. The average Bonchev–Trinajstić information content (AvgIpc) is 2.80. The van der Waals surface area contributed by atoms with Crippen molar-refractivity contribution in [2.75, 3.05) is 0 Å². The lowest BCUT2D eigenvalue weighted by atomic mass is 9.69. The number of nitrogens with two attached hydrogens (primary N) is 1. The normalized spacial score (nSPS) is 38.8.